The van der Waals surface area contributed by atoms with Crippen molar-refractivity contribution < 1.29 is 24.9 Å². The van der Waals surface area contributed by atoms with E-state index in [0.29, 0.717) is 6.42 Å². The smallest absolute Gasteiger partial charge is 0.305 e. The summed E-state index contributed by atoms with van der Waals surface area (Å²) in [6.07, 6.45) is 17.1. The summed E-state index contributed by atoms with van der Waals surface area (Å²) < 4.78 is 4.89. The molecule has 0 saturated heterocycles. The molecular formula is C22H44O5. The highest BCUT2D eigenvalue weighted by Crippen LogP contribution is 2.13. The number of rotatable bonds is 20. The zero-order chi connectivity index (χ0) is 20.2. The van der Waals surface area contributed by atoms with Gasteiger partial charge in [0.1, 0.15) is 18.8 Å². The van der Waals surface area contributed by atoms with Crippen molar-refractivity contribution in [3.8, 4) is 0 Å². The third-order valence-corrected chi connectivity index (χ3v) is 5.03. The predicted molar refractivity (Wildman–Crippen MR) is 110 cm³/mol. The van der Waals surface area contributed by atoms with Crippen LogP contribution in [0.3, 0.4) is 0 Å². The van der Waals surface area contributed by atoms with Gasteiger partial charge in [0, 0.05) is 6.42 Å². The van der Waals surface area contributed by atoms with Gasteiger partial charge in [-0.25, -0.2) is 0 Å². The van der Waals surface area contributed by atoms with E-state index in [0.717, 1.165) is 19.3 Å². The average Bonchev–Trinajstić information content (AvgIpc) is 2.68. The Morgan fingerprint density at radius 3 is 1.52 bits per heavy atom. The number of aliphatic hydroxyl groups is 3. The molecule has 0 aliphatic carbocycles. The van der Waals surface area contributed by atoms with Crippen molar-refractivity contribution in [1.29, 1.82) is 0 Å². The Morgan fingerprint density at radius 2 is 1.11 bits per heavy atom. The second kappa shape index (κ2) is 20.1. The second-order valence-electron chi connectivity index (χ2n) is 7.70. The van der Waals surface area contributed by atoms with Gasteiger partial charge in [0.15, 0.2) is 0 Å². The predicted octanol–water partition coefficient (Wildman–Crippen LogP) is 4.51. The van der Waals surface area contributed by atoms with Gasteiger partial charge in [-0.1, -0.05) is 96.8 Å². The van der Waals surface area contributed by atoms with Crippen LogP contribution >= 0.6 is 0 Å². The number of hydrogen-bond acceptors (Lipinski definition) is 5. The summed E-state index contributed by atoms with van der Waals surface area (Å²) >= 11 is 0. The molecule has 3 N–H and O–H groups in total. The Hall–Kier alpha value is -0.650. The molecule has 0 spiro atoms. The first-order valence-electron chi connectivity index (χ1n) is 11.2. The average molecular weight is 389 g/mol. The largest absolute Gasteiger partial charge is 0.463 e. The Balaban J connectivity index is 3.23. The Bertz CT molecular complexity index is 322. The van der Waals surface area contributed by atoms with Crippen molar-refractivity contribution in [1.82, 2.24) is 0 Å². The lowest BCUT2D eigenvalue weighted by Gasteiger charge is -2.15. The molecule has 0 aromatic carbocycles. The first kappa shape index (κ1) is 26.4. The van der Waals surface area contributed by atoms with Crippen LogP contribution in [0.4, 0.5) is 0 Å². The van der Waals surface area contributed by atoms with Gasteiger partial charge in [-0.3, -0.25) is 4.79 Å². The van der Waals surface area contributed by atoms with Gasteiger partial charge in [0.25, 0.3) is 0 Å². The Morgan fingerprint density at radius 1 is 0.704 bits per heavy atom. The van der Waals surface area contributed by atoms with Crippen LogP contribution < -0.4 is 0 Å². The molecule has 0 rings (SSSR count). The summed E-state index contributed by atoms with van der Waals surface area (Å²) in [5, 5.41) is 27.2. The van der Waals surface area contributed by atoms with Crippen LogP contribution in [0.5, 0.6) is 0 Å². The molecule has 0 heterocycles. The number of esters is 1. The number of aliphatic hydroxyl groups excluding tert-OH is 3. The van der Waals surface area contributed by atoms with Gasteiger partial charge >= 0.3 is 5.97 Å². The zero-order valence-corrected chi connectivity index (χ0v) is 17.5. The number of unbranched alkanes of at least 4 members (excludes halogenated alkanes) is 14. The zero-order valence-electron chi connectivity index (χ0n) is 17.5. The van der Waals surface area contributed by atoms with E-state index in [4.69, 9.17) is 14.9 Å². The van der Waals surface area contributed by atoms with Crippen LogP contribution in [-0.4, -0.2) is 46.7 Å². The maximum atomic E-state index is 11.5. The molecule has 5 heteroatoms. The normalized spacial score (nSPS) is 13.5. The summed E-state index contributed by atoms with van der Waals surface area (Å²) in [4.78, 5) is 11.5. The van der Waals surface area contributed by atoms with Gasteiger partial charge < -0.3 is 20.1 Å². The van der Waals surface area contributed by atoms with Crippen LogP contribution in [0.2, 0.25) is 0 Å². The van der Waals surface area contributed by atoms with Gasteiger partial charge in [0.2, 0.25) is 0 Å². The fourth-order valence-corrected chi connectivity index (χ4v) is 3.12. The van der Waals surface area contributed by atoms with E-state index in [1.807, 2.05) is 0 Å². The SMILES string of the molecule is CCCCCCCCCCCCCCCCCC(=O)OC[C@H](O)[C@H](O)CO. The van der Waals surface area contributed by atoms with Gasteiger partial charge in [-0.05, 0) is 6.42 Å². The maximum absolute atomic E-state index is 11.5. The van der Waals surface area contributed by atoms with Crippen molar-refractivity contribution in [2.24, 2.45) is 0 Å². The molecule has 0 aliphatic heterocycles. The molecule has 162 valence electrons. The minimum atomic E-state index is -1.26. The van der Waals surface area contributed by atoms with Crippen molar-refractivity contribution in [3.63, 3.8) is 0 Å². The molecule has 0 bridgehead atoms. The summed E-state index contributed by atoms with van der Waals surface area (Å²) in [6.45, 7) is 1.45. The number of carbonyl (C=O) groups is 1. The molecule has 0 fully saturated rings. The van der Waals surface area contributed by atoms with E-state index < -0.39 is 18.8 Å². The fourth-order valence-electron chi connectivity index (χ4n) is 3.12. The molecule has 0 unspecified atom stereocenters. The molecule has 2 atom stereocenters. The third-order valence-electron chi connectivity index (χ3n) is 5.03. The molecule has 27 heavy (non-hydrogen) atoms. The first-order valence-corrected chi connectivity index (χ1v) is 11.2. The first-order chi connectivity index (χ1) is 13.1. The molecule has 5 nitrogen and oxygen atoms in total. The van der Waals surface area contributed by atoms with Gasteiger partial charge in [-0.2, -0.15) is 0 Å². The monoisotopic (exact) mass is 388 g/mol. The quantitative estimate of drug-likeness (QED) is 0.211. The lowest BCUT2D eigenvalue weighted by Crippen LogP contribution is -2.34. The highest BCUT2D eigenvalue weighted by atomic mass is 16.5. The van der Waals surface area contributed by atoms with Crippen LogP contribution in [0.25, 0.3) is 0 Å². The van der Waals surface area contributed by atoms with Crippen LogP contribution in [0, 0.1) is 0 Å². The lowest BCUT2D eigenvalue weighted by atomic mass is 10.0. The summed E-state index contributed by atoms with van der Waals surface area (Å²) in [5.74, 6) is -0.353. The van der Waals surface area contributed by atoms with E-state index >= 15 is 0 Å². The number of carbonyl (C=O) groups excluding carboxylic acids is 1. The Labute approximate surface area is 166 Å². The summed E-state index contributed by atoms with van der Waals surface area (Å²) in [7, 11) is 0. The molecular weight excluding hydrogens is 344 g/mol. The van der Waals surface area contributed by atoms with E-state index in [2.05, 4.69) is 6.92 Å². The minimum absolute atomic E-state index is 0.265. The van der Waals surface area contributed by atoms with Crippen molar-refractivity contribution in [2.45, 2.75) is 122 Å². The molecule has 0 radical (unpaired) electrons. The Kier molecular flexibility index (Phi) is 19.6. The van der Waals surface area contributed by atoms with E-state index in [1.54, 1.807) is 0 Å². The highest BCUT2D eigenvalue weighted by Gasteiger charge is 2.16. The standard InChI is InChI=1S/C22H44O5/c1-2-3-4-5-6-7-8-9-10-11-12-13-14-15-16-17-22(26)27-19-21(25)20(24)18-23/h20-21,23-25H,2-19H2,1H3/t20-,21+/m1/s1. The van der Waals surface area contributed by atoms with Crippen molar-refractivity contribution >= 4 is 5.97 Å². The van der Waals surface area contributed by atoms with E-state index in [1.165, 1.54) is 77.0 Å². The van der Waals surface area contributed by atoms with E-state index in [9.17, 15) is 9.90 Å². The molecule has 0 aromatic heterocycles. The van der Waals surface area contributed by atoms with E-state index in [-0.39, 0.29) is 12.6 Å². The van der Waals surface area contributed by atoms with Crippen molar-refractivity contribution in [3.05, 3.63) is 0 Å². The molecule has 0 aromatic rings. The molecule has 0 aliphatic rings. The number of ether oxygens (including phenoxy) is 1. The van der Waals surface area contributed by atoms with Crippen LogP contribution in [-0.2, 0) is 9.53 Å². The number of hydrogen-bond donors (Lipinski definition) is 3. The maximum Gasteiger partial charge on any atom is 0.305 e. The summed E-state index contributed by atoms with van der Waals surface area (Å²) in [6, 6.07) is 0. The second-order valence-corrected chi connectivity index (χ2v) is 7.70. The van der Waals surface area contributed by atoms with Crippen LogP contribution in [0.1, 0.15) is 110 Å². The fraction of sp³-hybridized carbons (Fsp3) is 0.955. The third kappa shape index (κ3) is 18.5. The van der Waals surface area contributed by atoms with Crippen molar-refractivity contribution in [2.75, 3.05) is 13.2 Å². The van der Waals surface area contributed by atoms with Crippen LogP contribution in [0.15, 0.2) is 0 Å². The molecule has 0 saturated carbocycles. The summed E-state index contributed by atoms with van der Waals surface area (Å²) in [5.41, 5.74) is 0. The topological polar surface area (TPSA) is 87.0 Å². The van der Waals surface area contributed by atoms with Gasteiger partial charge in [0.05, 0.1) is 6.61 Å². The highest BCUT2D eigenvalue weighted by molar-refractivity contribution is 5.69. The molecule has 0 amide bonds. The minimum Gasteiger partial charge on any atom is -0.463 e. The van der Waals surface area contributed by atoms with Gasteiger partial charge in [-0.15, -0.1) is 0 Å². The lowest BCUT2D eigenvalue weighted by molar-refractivity contribution is -0.149.